The van der Waals surface area contributed by atoms with Gasteiger partial charge in [0, 0.05) is 24.7 Å². The highest BCUT2D eigenvalue weighted by atomic mass is 16.5. The van der Waals surface area contributed by atoms with Gasteiger partial charge in [-0.2, -0.15) is 0 Å². The summed E-state index contributed by atoms with van der Waals surface area (Å²) >= 11 is 0. The molecule has 0 radical (unpaired) electrons. The van der Waals surface area contributed by atoms with E-state index in [1.165, 1.54) is 11.6 Å². The van der Waals surface area contributed by atoms with E-state index in [9.17, 15) is 14.4 Å². The first-order valence-corrected chi connectivity index (χ1v) is 9.77. The zero-order chi connectivity index (χ0) is 21.8. The number of pyridine rings is 1. The van der Waals surface area contributed by atoms with Gasteiger partial charge in [-0.3, -0.25) is 19.1 Å². The molecule has 3 heterocycles. The second-order valence-electron chi connectivity index (χ2n) is 8.46. The summed E-state index contributed by atoms with van der Waals surface area (Å²) in [5.74, 6) is 0.344. The van der Waals surface area contributed by atoms with E-state index in [1.54, 1.807) is 13.0 Å². The Balaban J connectivity index is 1.81. The maximum absolute atomic E-state index is 13.3. The number of aromatic amines is 1. The number of rotatable bonds is 2. The van der Waals surface area contributed by atoms with E-state index >= 15 is 0 Å². The van der Waals surface area contributed by atoms with Crippen LogP contribution in [0, 0.1) is 13.8 Å². The first-order valence-electron chi connectivity index (χ1n) is 9.77. The van der Waals surface area contributed by atoms with Crippen molar-refractivity contribution in [3.8, 4) is 5.75 Å². The van der Waals surface area contributed by atoms with Crippen molar-refractivity contribution in [2.24, 2.45) is 7.05 Å². The van der Waals surface area contributed by atoms with E-state index in [2.05, 4.69) is 15.3 Å². The Morgan fingerprint density at radius 1 is 1.27 bits per heavy atom. The number of nitrogens with one attached hydrogen (secondary N) is 2. The smallest absolute Gasteiger partial charge is 0.329 e. The van der Waals surface area contributed by atoms with Crippen LogP contribution in [0.2, 0.25) is 0 Å². The molecule has 8 heteroatoms. The third-order valence-electron chi connectivity index (χ3n) is 5.37. The molecular weight excluding hydrogens is 384 g/mol. The highest BCUT2D eigenvalue weighted by molar-refractivity contribution is 6.05. The molecule has 2 aromatic heterocycles. The SMILES string of the molecule is Cc1ccc2c(c1)OC(C)(C)CC2NC(=O)c1cc(C)nc2c1c(=O)[nH]c(=O)n2C. The van der Waals surface area contributed by atoms with Gasteiger partial charge in [0.15, 0.2) is 0 Å². The maximum atomic E-state index is 13.3. The molecule has 0 saturated heterocycles. The highest BCUT2D eigenvalue weighted by Gasteiger charge is 2.35. The molecule has 1 amide bonds. The Morgan fingerprint density at radius 3 is 2.73 bits per heavy atom. The minimum Gasteiger partial charge on any atom is -0.487 e. The second-order valence-corrected chi connectivity index (χ2v) is 8.46. The minimum absolute atomic E-state index is 0.0932. The number of nitrogens with zero attached hydrogens (tertiary/aromatic N) is 2. The van der Waals surface area contributed by atoms with Gasteiger partial charge >= 0.3 is 5.69 Å². The summed E-state index contributed by atoms with van der Waals surface area (Å²) in [6, 6.07) is 7.18. The topological polar surface area (TPSA) is 106 Å². The van der Waals surface area contributed by atoms with Gasteiger partial charge in [0.2, 0.25) is 0 Å². The van der Waals surface area contributed by atoms with Crippen LogP contribution in [-0.4, -0.2) is 26.0 Å². The van der Waals surface area contributed by atoms with E-state index in [-0.39, 0.29) is 22.6 Å². The molecule has 0 fully saturated rings. The van der Waals surface area contributed by atoms with Crippen LogP contribution in [-0.2, 0) is 7.05 Å². The average Bonchev–Trinajstić information content (AvgIpc) is 2.64. The lowest BCUT2D eigenvalue weighted by atomic mass is 9.89. The summed E-state index contributed by atoms with van der Waals surface area (Å²) in [5, 5.41) is 3.15. The molecular formula is C22H24N4O4. The third-order valence-corrected chi connectivity index (χ3v) is 5.37. The molecule has 2 N–H and O–H groups in total. The van der Waals surface area contributed by atoms with Crippen molar-refractivity contribution in [1.29, 1.82) is 0 Å². The first kappa shape index (κ1) is 19.9. The van der Waals surface area contributed by atoms with Crippen molar-refractivity contribution in [1.82, 2.24) is 19.9 Å². The molecule has 8 nitrogen and oxygen atoms in total. The normalized spacial score (nSPS) is 17.3. The highest BCUT2D eigenvalue weighted by Crippen LogP contribution is 2.40. The molecule has 0 saturated carbocycles. The van der Waals surface area contributed by atoms with E-state index in [0.29, 0.717) is 12.1 Å². The number of fused-ring (bicyclic) bond motifs is 2. The Kier molecular flexibility index (Phi) is 4.52. The summed E-state index contributed by atoms with van der Waals surface area (Å²) in [6.07, 6.45) is 0.575. The van der Waals surface area contributed by atoms with Gasteiger partial charge < -0.3 is 10.1 Å². The lowest BCUT2D eigenvalue weighted by molar-refractivity contribution is 0.0619. The van der Waals surface area contributed by atoms with Crippen molar-refractivity contribution in [2.75, 3.05) is 0 Å². The maximum Gasteiger partial charge on any atom is 0.329 e. The molecule has 156 valence electrons. The zero-order valence-electron chi connectivity index (χ0n) is 17.6. The zero-order valence-corrected chi connectivity index (χ0v) is 17.6. The lowest BCUT2D eigenvalue weighted by Crippen LogP contribution is -2.41. The standard InChI is InChI=1S/C22H24N4O4/c1-11-6-7-13-15(10-22(3,4)30-16(13)8-11)24-19(27)14-9-12(2)23-18-17(14)20(28)25-21(29)26(18)5/h6-9,15H,10H2,1-5H3,(H,24,27)(H,25,28,29). The lowest BCUT2D eigenvalue weighted by Gasteiger charge is -2.38. The molecule has 0 aliphatic carbocycles. The summed E-state index contributed by atoms with van der Waals surface area (Å²) in [6.45, 7) is 7.66. The Labute approximate surface area is 172 Å². The quantitative estimate of drug-likeness (QED) is 0.677. The largest absolute Gasteiger partial charge is 0.487 e. The van der Waals surface area contributed by atoms with Gasteiger partial charge in [0.05, 0.1) is 17.0 Å². The van der Waals surface area contributed by atoms with E-state index < -0.39 is 22.8 Å². The van der Waals surface area contributed by atoms with Gasteiger partial charge in [-0.15, -0.1) is 0 Å². The Hall–Kier alpha value is -3.42. The molecule has 3 aromatic rings. The van der Waals surface area contributed by atoms with Crippen LogP contribution in [0.3, 0.4) is 0 Å². The number of hydrogen-bond acceptors (Lipinski definition) is 5. The van der Waals surface area contributed by atoms with Crippen molar-refractivity contribution in [3.63, 3.8) is 0 Å². The Bertz CT molecular complexity index is 1300. The van der Waals surface area contributed by atoms with Crippen LogP contribution in [0.15, 0.2) is 33.9 Å². The van der Waals surface area contributed by atoms with E-state index in [0.717, 1.165) is 16.9 Å². The van der Waals surface area contributed by atoms with Gasteiger partial charge in [0.25, 0.3) is 11.5 Å². The molecule has 1 aliphatic heterocycles. The number of aromatic nitrogens is 3. The molecule has 0 spiro atoms. The van der Waals surface area contributed by atoms with Crippen LogP contribution >= 0.6 is 0 Å². The number of H-pyrrole nitrogens is 1. The second kappa shape index (κ2) is 6.83. The number of aryl methyl sites for hydroxylation is 3. The summed E-state index contributed by atoms with van der Waals surface area (Å²) < 4.78 is 7.33. The van der Waals surface area contributed by atoms with Crippen LogP contribution in [0.25, 0.3) is 11.0 Å². The van der Waals surface area contributed by atoms with E-state index in [4.69, 9.17) is 4.74 Å². The molecule has 1 atom stereocenters. The van der Waals surface area contributed by atoms with Crippen LogP contribution < -0.4 is 21.3 Å². The van der Waals surface area contributed by atoms with Crippen molar-refractivity contribution >= 4 is 16.9 Å². The van der Waals surface area contributed by atoms with Crippen molar-refractivity contribution in [2.45, 2.75) is 45.8 Å². The monoisotopic (exact) mass is 408 g/mol. The molecule has 1 aliphatic rings. The number of benzene rings is 1. The fourth-order valence-corrected chi connectivity index (χ4v) is 3.97. The fourth-order valence-electron chi connectivity index (χ4n) is 3.97. The van der Waals surface area contributed by atoms with Gasteiger partial charge in [-0.1, -0.05) is 12.1 Å². The van der Waals surface area contributed by atoms with Crippen molar-refractivity contribution < 1.29 is 9.53 Å². The summed E-state index contributed by atoms with van der Waals surface area (Å²) in [5.41, 5.74) is 1.20. The number of ether oxygens (including phenoxy) is 1. The van der Waals surface area contributed by atoms with Crippen LogP contribution in [0.4, 0.5) is 0 Å². The predicted molar refractivity (Wildman–Crippen MR) is 113 cm³/mol. The van der Waals surface area contributed by atoms with Crippen molar-refractivity contribution in [3.05, 3.63) is 67.5 Å². The summed E-state index contributed by atoms with van der Waals surface area (Å²) in [4.78, 5) is 44.3. The number of carbonyl (C=O) groups is 1. The first-order chi connectivity index (χ1) is 14.1. The van der Waals surface area contributed by atoms with E-state index in [1.807, 2.05) is 39.0 Å². The van der Waals surface area contributed by atoms with Crippen LogP contribution in [0.5, 0.6) is 5.75 Å². The number of hydrogen-bond donors (Lipinski definition) is 2. The molecule has 0 bridgehead atoms. The van der Waals surface area contributed by atoms with Gasteiger partial charge in [-0.25, -0.2) is 9.78 Å². The summed E-state index contributed by atoms with van der Waals surface area (Å²) in [7, 11) is 1.51. The van der Waals surface area contributed by atoms with Gasteiger partial charge in [0.1, 0.15) is 17.0 Å². The predicted octanol–water partition coefficient (Wildman–Crippen LogP) is 2.27. The molecule has 1 aromatic carbocycles. The number of amides is 1. The van der Waals surface area contributed by atoms with Crippen LogP contribution in [0.1, 0.15) is 53.5 Å². The molecule has 1 unspecified atom stereocenters. The average molecular weight is 408 g/mol. The number of carbonyl (C=O) groups excluding carboxylic acids is 1. The molecule has 30 heavy (non-hydrogen) atoms. The Morgan fingerprint density at radius 2 is 2.00 bits per heavy atom. The molecule has 4 rings (SSSR count). The minimum atomic E-state index is -0.630. The third kappa shape index (κ3) is 3.38. The van der Waals surface area contributed by atoms with Gasteiger partial charge in [-0.05, 0) is 45.4 Å². The fraction of sp³-hybridized carbons (Fsp3) is 0.364.